The molecule has 32 heavy (non-hydrogen) atoms. The molecule has 8 heteroatoms. The first-order valence-electron chi connectivity index (χ1n) is 11.2. The molecule has 0 bridgehead atoms. The summed E-state index contributed by atoms with van der Waals surface area (Å²) in [7, 11) is 0. The molecule has 0 spiro atoms. The van der Waals surface area contributed by atoms with Gasteiger partial charge < -0.3 is 15.0 Å². The van der Waals surface area contributed by atoms with E-state index in [1.807, 2.05) is 42.5 Å². The summed E-state index contributed by atoms with van der Waals surface area (Å²) in [5, 5.41) is 12.9. The number of nitrogens with zero attached hydrogens (tertiary/aromatic N) is 4. The van der Waals surface area contributed by atoms with Gasteiger partial charge in [-0.1, -0.05) is 48.2 Å². The van der Waals surface area contributed by atoms with Crippen molar-refractivity contribution >= 4 is 23.6 Å². The summed E-state index contributed by atoms with van der Waals surface area (Å²) >= 11 is 1.42. The number of hydrogen-bond donors (Lipinski definition) is 1. The number of hydrogen-bond acceptors (Lipinski definition) is 6. The number of benzene rings is 2. The highest BCUT2D eigenvalue weighted by Crippen LogP contribution is 2.32. The Hall–Kier alpha value is -3.00. The van der Waals surface area contributed by atoms with Crippen molar-refractivity contribution in [3.63, 3.8) is 0 Å². The van der Waals surface area contributed by atoms with Crippen molar-refractivity contribution in [3.05, 3.63) is 60.2 Å². The number of carbonyl (C=O) groups excluding carboxylic acids is 1. The van der Waals surface area contributed by atoms with Crippen LogP contribution in [0.5, 0.6) is 5.75 Å². The Bertz CT molecular complexity index is 1070. The van der Waals surface area contributed by atoms with Crippen LogP contribution in [0.2, 0.25) is 0 Å². The third kappa shape index (κ3) is 4.46. The lowest BCUT2D eigenvalue weighted by Crippen LogP contribution is -2.33. The maximum Gasteiger partial charge on any atom is 0.232 e. The van der Waals surface area contributed by atoms with Crippen LogP contribution in [0.25, 0.3) is 5.69 Å². The number of thioether (sulfide) groups is 1. The van der Waals surface area contributed by atoms with Crippen LogP contribution in [0, 0.1) is 0 Å². The highest BCUT2D eigenvalue weighted by molar-refractivity contribution is 7.99. The van der Waals surface area contributed by atoms with Gasteiger partial charge in [-0.2, -0.15) is 0 Å². The van der Waals surface area contributed by atoms with Gasteiger partial charge in [-0.15, -0.1) is 10.2 Å². The second-order valence-corrected chi connectivity index (χ2v) is 9.03. The molecule has 2 aromatic carbocycles. The molecule has 5 rings (SSSR count). The van der Waals surface area contributed by atoms with E-state index in [1.165, 1.54) is 31.0 Å². The first-order valence-corrected chi connectivity index (χ1v) is 12.2. The number of amides is 1. The average Bonchev–Trinajstić information content (AvgIpc) is 3.28. The molecule has 0 unspecified atom stereocenters. The van der Waals surface area contributed by atoms with Crippen molar-refractivity contribution in [2.24, 2.45) is 0 Å². The molecule has 2 aliphatic rings. The minimum atomic E-state index is -0.0241. The highest BCUT2D eigenvalue weighted by atomic mass is 32.2. The summed E-state index contributed by atoms with van der Waals surface area (Å²) in [6.07, 6.45) is 4.36. The van der Waals surface area contributed by atoms with E-state index >= 15 is 0 Å². The van der Waals surface area contributed by atoms with Crippen LogP contribution in [0.3, 0.4) is 0 Å². The molecule has 1 aromatic heterocycles. The van der Waals surface area contributed by atoms with E-state index in [4.69, 9.17) is 4.74 Å². The van der Waals surface area contributed by atoms with Gasteiger partial charge in [0.1, 0.15) is 5.75 Å². The van der Waals surface area contributed by atoms with Crippen LogP contribution in [0.1, 0.15) is 37.3 Å². The number of carbonyl (C=O) groups is 1. The fourth-order valence-electron chi connectivity index (χ4n) is 4.32. The lowest BCUT2D eigenvalue weighted by atomic mass is 10.0. The van der Waals surface area contributed by atoms with Gasteiger partial charge >= 0.3 is 0 Å². The molecule has 3 heterocycles. The molecule has 1 saturated heterocycles. The van der Waals surface area contributed by atoms with Crippen LogP contribution < -0.4 is 15.0 Å². The van der Waals surface area contributed by atoms with Gasteiger partial charge in [0.15, 0.2) is 5.16 Å². The van der Waals surface area contributed by atoms with E-state index in [2.05, 4.69) is 37.1 Å². The second-order valence-electron chi connectivity index (χ2n) is 8.08. The normalized spacial score (nSPS) is 18.0. The Balaban J connectivity index is 1.31. The molecule has 1 N–H and O–H groups in total. The SMILES string of the molecule is O=C(CSc1nnc(N2CCCCC2)n1-c1ccccc1)N[C@@H]1CCOc2ccccc21. The van der Waals surface area contributed by atoms with E-state index < -0.39 is 0 Å². The zero-order valence-corrected chi connectivity index (χ0v) is 18.8. The van der Waals surface area contributed by atoms with E-state index in [-0.39, 0.29) is 17.7 Å². The molecule has 1 amide bonds. The minimum absolute atomic E-state index is 0.0150. The molecule has 3 aromatic rings. The van der Waals surface area contributed by atoms with E-state index in [0.717, 1.165) is 47.6 Å². The van der Waals surface area contributed by atoms with Crippen LogP contribution in [0.4, 0.5) is 5.95 Å². The fraction of sp³-hybridized carbons (Fsp3) is 0.375. The zero-order chi connectivity index (χ0) is 21.8. The van der Waals surface area contributed by atoms with Gasteiger partial charge in [-0.25, -0.2) is 0 Å². The number of rotatable bonds is 6. The molecular weight excluding hydrogens is 422 g/mol. The van der Waals surface area contributed by atoms with Crippen molar-refractivity contribution in [2.45, 2.75) is 36.9 Å². The Kier molecular flexibility index (Phi) is 6.29. The highest BCUT2D eigenvalue weighted by Gasteiger charge is 2.24. The van der Waals surface area contributed by atoms with Gasteiger partial charge in [0.25, 0.3) is 0 Å². The van der Waals surface area contributed by atoms with Gasteiger partial charge in [0, 0.05) is 25.1 Å². The summed E-state index contributed by atoms with van der Waals surface area (Å²) in [6.45, 7) is 2.58. The topological polar surface area (TPSA) is 72.3 Å². The van der Waals surface area contributed by atoms with E-state index in [9.17, 15) is 4.79 Å². The fourth-order valence-corrected chi connectivity index (χ4v) is 5.07. The number of anilines is 1. The number of fused-ring (bicyclic) bond motifs is 1. The third-order valence-corrected chi connectivity index (χ3v) is 6.82. The summed E-state index contributed by atoms with van der Waals surface area (Å²) < 4.78 is 7.78. The van der Waals surface area contributed by atoms with Crippen molar-refractivity contribution in [1.82, 2.24) is 20.1 Å². The number of piperidine rings is 1. The Morgan fingerprint density at radius 3 is 2.66 bits per heavy atom. The lowest BCUT2D eigenvalue weighted by Gasteiger charge is -2.28. The summed E-state index contributed by atoms with van der Waals surface area (Å²) in [5.74, 6) is 1.98. The van der Waals surface area contributed by atoms with Gasteiger partial charge in [0.2, 0.25) is 11.9 Å². The number of nitrogens with one attached hydrogen (secondary N) is 1. The predicted octanol–water partition coefficient (Wildman–Crippen LogP) is 3.99. The maximum absolute atomic E-state index is 12.8. The zero-order valence-electron chi connectivity index (χ0n) is 17.9. The maximum atomic E-state index is 12.8. The first kappa shape index (κ1) is 20.9. The average molecular weight is 450 g/mol. The molecular formula is C24H27N5O2S. The molecule has 0 aliphatic carbocycles. The first-order chi connectivity index (χ1) is 15.8. The molecule has 166 valence electrons. The Labute approximate surface area is 192 Å². The van der Waals surface area contributed by atoms with Crippen molar-refractivity contribution < 1.29 is 9.53 Å². The van der Waals surface area contributed by atoms with Gasteiger partial charge in [-0.05, 0) is 37.5 Å². The molecule has 0 radical (unpaired) electrons. The Morgan fingerprint density at radius 1 is 1.03 bits per heavy atom. The summed E-state index contributed by atoms with van der Waals surface area (Å²) in [4.78, 5) is 15.1. The van der Waals surface area contributed by atoms with Crippen molar-refractivity contribution in [1.29, 1.82) is 0 Å². The Morgan fingerprint density at radius 2 is 1.81 bits per heavy atom. The van der Waals surface area contributed by atoms with Gasteiger partial charge in [0.05, 0.1) is 24.1 Å². The van der Waals surface area contributed by atoms with E-state index in [0.29, 0.717) is 6.61 Å². The van der Waals surface area contributed by atoms with Crippen molar-refractivity contribution in [3.8, 4) is 11.4 Å². The number of para-hydroxylation sites is 2. The monoisotopic (exact) mass is 449 g/mol. The van der Waals surface area contributed by atoms with Crippen LogP contribution in [-0.4, -0.2) is 46.1 Å². The molecule has 7 nitrogen and oxygen atoms in total. The molecule has 1 fully saturated rings. The largest absolute Gasteiger partial charge is 0.493 e. The summed E-state index contributed by atoms with van der Waals surface area (Å²) in [6, 6.07) is 18.0. The summed E-state index contributed by atoms with van der Waals surface area (Å²) in [5.41, 5.74) is 2.05. The van der Waals surface area contributed by atoms with Crippen LogP contribution in [0.15, 0.2) is 59.8 Å². The third-order valence-electron chi connectivity index (χ3n) is 5.90. The quantitative estimate of drug-likeness (QED) is 0.574. The standard InChI is InChI=1S/C24H27N5O2S/c30-22(25-20-13-16-31-21-12-6-5-11-19(20)21)17-32-24-27-26-23(28-14-7-2-8-15-28)29(24)18-9-3-1-4-10-18/h1,3-6,9-12,20H,2,7-8,13-17H2,(H,25,30)/t20-/m1/s1. The predicted molar refractivity (Wildman–Crippen MR) is 126 cm³/mol. The second kappa shape index (κ2) is 9.65. The molecule has 0 saturated carbocycles. The smallest absolute Gasteiger partial charge is 0.232 e. The van der Waals surface area contributed by atoms with Gasteiger partial charge in [-0.3, -0.25) is 9.36 Å². The number of ether oxygens (including phenoxy) is 1. The minimum Gasteiger partial charge on any atom is -0.493 e. The van der Waals surface area contributed by atoms with Crippen LogP contribution >= 0.6 is 11.8 Å². The van der Waals surface area contributed by atoms with E-state index in [1.54, 1.807) is 0 Å². The molecule has 1 atom stereocenters. The number of aromatic nitrogens is 3. The molecule has 2 aliphatic heterocycles. The van der Waals surface area contributed by atoms with Crippen LogP contribution in [-0.2, 0) is 4.79 Å². The lowest BCUT2D eigenvalue weighted by molar-refractivity contribution is -0.119. The van der Waals surface area contributed by atoms with Crippen molar-refractivity contribution in [2.75, 3.05) is 30.3 Å².